The standard InChI is InChI=1S/C28H41F4NO3/c1-2-3-4-5-6-7-8-9-10-11-12-13-21-36-27(35)22-17-19-33(20-18-22)26(34)23-15-14-16-24(25(23)29)28(30,31)32/h14-16,22H,2-13,17-21H2,1H3. The van der Waals surface area contributed by atoms with Crippen LogP contribution in [0.25, 0.3) is 0 Å². The topological polar surface area (TPSA) is 46.6 Å². The van der Waals surface area contributed by atoms with Gasteiger partial charge in [-0.25, -0.2) is 4.39 Å². The summed E-state index contributed by atoms with van der Waals surface area (Å²) in [7, 11) is 0. The largest absolute Gasteiger partial charge is 0.465 e. The molecule has 1 fully saturated rings. The zero-order chi connectivity index (χ0) is 26.4. The molecule has 0 N–H and O–H groups in total. The quantitative estimate of drug-likeness (QED) is 0.135. The number of benzene rings is 1. The second-order valence-electron chi connectivity index (χ2n) is 9.79. The number of alkyl halides is 3. The van der Waals surface area contributed by atoms with Crippen molar-refractivity contribution in [3.05, 3.63) is 35.1 Å². The molecule has 1 aromatic carbocycles. The van der Waals surface area contributed by atoms with Crippen LogP contribution >= 0.6 is 0 Å². The first-order chi connectivity index (χ1) is 17.3. The van der Waals surface area contributed by atoms with Crippen molar-refractivity contribution in [2.75, 3.05) is 19.7 Å². The van der Waals surface area contributed by atoms with Crippen LogP contribution in [0.4, 0.5) is 17.6 Å². The highest BCUT2D eigenvalue weighted by molar-refractivity contribution is 5.95. The minimum atomic E-state index is -4.87. The van der Waals surface area contributed by atoms with Crippen molar-refractivity contribution in [2.24, 2.45) is 5.92 Å². The predicted octanol–water partition coefficient (Wildman–Crippen LogP) is 7.94. The zero-order valence-electron chi connectivity index (χ0n) is 21.5. The van der Waals surface area contributed by atoms with Crippen LogP contribution in [0.15, 0.2) is 18.2 Å². The summed E-state index contributed by atoms with van der Waals surface area (Å²) in [4.78, 5) is 26.2. The fourth-order valence-corrected chi connectivity index (χ4v) is 4.64. The Morgan fingerprint density at radius 2 is 1.42 bits per heavy atom. The number of carbonyl (C=O) groups is 2. The molecule has 1 amide bonds. The lowest BCUT2D eigenvalue weighted by Gasteiger charge is -2.31. The van der Waals surface area contributed by atoms with Gasteiger partial charge < -0.3 is 9.64 Å². The van der Waals surface area contributed by atoms with Crippen LogP contribution in [-0.4, -0.2) is 36.5 Å². The Morgan fingerprint density at radius 3 is 1.94 bits per heavy atom. The number of amides is 1. The SMILES string of the molecule is CCCCCCCCCCCCCCOC(=O)C1CCN(C(=O)c2cccc(C(F)(F)F)c2F)CC1. The van der Waals surface area contributed by atoms with Crippen molar-refractivity contribution < 1.29 is 31.9 Å². The Balaban J connectivity index is 1.58. The minimum Gasteiger partial charge on any atom is -0.465 e. The Morgan fingerprint density at radius 1 is 0.889 bits per heavy atom. The highest BCUT2D eigenvalue weighted by Gasteiger charge is 2.37. The van der Waals surface area contributed by atoms with Gasteiger partial charge in [0.2, 0.25) is 0 Å². The summed E-state index contributed by atoms with van der Waals surface area (Å²) in [5, 5.41) is 0. The Kier molecular flexibility index (Phi) is 13.3. The number of likely N-dealkylation sites (tertiary alicyclic amines) is 1. The van der Waals surface area contributed by atoms with Crippen LogP contribution in [0, 0.1) is 11.7 Å². The number of halogens is 4. The van der Waals surface area contributed by atoms with Crippen molar-refractivity contribution in [3.63, 3.8) is 0 Å². The fraction of sp³-hybridized carbons (Fsp3) is 0.714. The van der Waals surface area contributed by atoms with Gasteiger partial charge in [-0.3, -0.25) is 9.59 Å². The third-order valence-corrected chi connectivity index (χ3v) is 6.89. The van der Waals surface area contributed by atoms with E-state index in [-0.39, 0.29) is 25.0 Å². The summed E-state index contributed by atoms with van der Waals surface area (Å²) in [5.74, 6) is -2.99. The fourth-order valence-electron chi connectivity index (χ4n) is 4.64. The van der Waals surface area contributed by atoms with Crippen LogP contribution in [0.3, 0.4) is 0 Å². The molecule has 0 spiro atoms. The molecule has 1 aliphatic rings. The van der Waals surface area contributed by atoms with Gasteiger partial charge in [0, 0.05) is 13.1 Å². The summed E-state index contributed by atoms with van der Waals surface area (Å²) in [6.07, 6.45) is 10.6. The molecule has 0 atom stereocenters. The summed E-state index contributed by atoms with van der Waals surface area (Å²) < 4.78 is 58.5. The van der Waals surface area contributed by atoms with Crippen molar-refractivity contribution in [3.8, 4) is 0 Å². The maximum absolute atomic E-state index is 14.3. The van der Waals surface area contributed by atoms with Gasteiger partial charge >= 0.3 is 12.1 Å². The van der Waals surface area contributed by atoms with E-state index in [4.69, 9.17) is 4.74 Å². The van der Waals surface area contributed by atoms with Crippen LogP contribution in [0.1, 0.15) is 113 Å². The number of unbranched alkanes of at least 4 members (excludes halogenated alkanes) is 11. The van der Waals surface area contributed by atoms with Crippen LogP contribution < -0.4 is 0 Å². The lowest BCUT2D eigenvalue weighted by Crippen LogP contribution is -2.41. The van der Waals surface area contributed by atoms with Crippen LogP contribution in [0.2, 0.25) is 0 Å². The molecule has 1 aromatic rings. The average molecular weight is 516 g/mol. The van der Waals surface area contributed by atoms with Gasteiger partial charge in [0.1, 0.15) is 5.82 Å². The first-order valence-corrected chi connectivity index (χ1v) is 13.6. The third kappa shape index (κ3) is 10.1. The normalized spacial score (nSPS) is 14.8. The zero-order valence-corrected chi connectivity index (χ0v) is 21.5. The van der Waals surface area contributed by atoms with E-state index in [9.17, 15) is 27.2 Å². The van der Waals surface area contributed by atoms with Crippen molar-refractivity contribution in [2.45, 2.75) is 103 Å². The van der Waals surface area contributed by atoms with Gasteiger partial charge in [0.25, 0.3) is 5.91 Å². The molecular formula is C28H41F4NO3. The summed E-state index contributed by atoms with van der Waals surface area (Å²) in [5.41, 5.74) is -2.05. The number of ether oxygens (including phenoxy) is 1. The van der Waals surface area contributed by atoms with Gasteiger partial charge in [-0.05, 0) is 31.4 Å². The molecule has 1 heterocycles. The average Bonchev–Trinajstić information content (AvgIpc) is 2.86. The van der Waals surface area contributed by atoms with E-state index in [0.717, 1.165) is 31.4 Å². The Bertz CT molecular complexity index is 804. The van der Waals surface area contributed by atoms with E-state index in [0.29, 0.717) is 25.5 Å². The number of hydrogen-bond donors (Lipinski definition) is 0. The number of esters is 1. The number of rotatable bonds is 15. The second kappa shape index (κ2) is 15.9. The highest BCUT2D eigenvalue weighted by Crippen LogP contribution is 2.33. The smallest absolute Gasteiger partial charge is 0.419 e. The molecular weight excluding hydrogens is 474 g/mol. The van der Waals surface area contributed by atoms with Gasteiger partial charge in [0.15, 0.2) is 0 Å². The van der Waals surface area contributed by atoms with Crippen LogP contribution in [0.5, 0.6) is 0 Å². The number of carbonyl (C=O) groups excluding carboxylic acids is 2. The van der Waals surface area contributed by atoms with E-state index in [1.165, 1.54) is 62.7 Å². The van der Waals surface area contributed by atoms with Crippen molar-refractivity contribution in [1.82, 2.24) is 4.90 Å². The van der Waals surface area contributed by atoms with Crippen molar-refractivity contribution in [1.29, 1.82) is 0 Å². The second-order valence-corrected chi connectivity index (χ2v) is 9.79. The molecule has 204 valence electrons. The summed E-state index contributed by atoms with van der Waals surface area (Å²) in [6, 6.07) is 2.70. The maximum Gasteiger partial charge on any atom is 0.419 e. The molecule has 8 heteroatoms. The van der Waals surface area contributed by atoms with E-state index in [1.807, 2.05) is 0 Å². The summed E-state index contributed by atoms with van der Waals surface area (Å²) in [6.45, 7) is 2.96. The third-order valence-electron chi connectivity index (χ3n) is 6.89. The molecule has 0 unspecified atom stereocenters. The van der Waals surface area contributed by atoms with Gasteiger partial charge in [-0.15, -0.1) is 0 Å². The van der Waals surface area contributed by atoms with E-state index >= 15 is 0 Å². The first-order valence-electron chi connectivity index (χ1n) is 13.6. The molecule has 0 radical (unpaired) electrons. The molecule has 0 saturated carbocycles. The lowest BCUT2D eigenvalue weighted by molar-refractivity contribution is -0.150. The number of piperidine rings is 1. The van der Waals surface area contributed by atoms with Crippen molar-refractivity contribution >= 4 is 11.9 Å². The monoisotopic (exact) mass is 515 g/mol. The van der Waals surface area contributed by atoms with E-state index in [1.54, 1.807) is 0 Å². The molecule has 1 aliphatic heterocycles. The maximum atomic E-state index is 14.3. The Hall–Kier alpha value is -2.12. The molecule has 0 aliphatic carbocycles. The Labute approximate surface area is 212 Å². The van der Waals surface area contributed by atoms with Crippen LogP contribution in [-0.2, 0) is 15.7 Å². The van der Waals surface area contributed by atoms with Gasteiger partial charge in [-0.1, -0.05) is 83.6 Å². The van der Waals surface area contributed by atoms with E-state index < -0.39 is 29.0 Å². The number of nitrogens with zero attached hydrogens (tertiary/aromatic N) is 1. The van der Waals surface area contributed by atoms with E-state index in [2.05, 4.69) is 6.92 Å². The molecule has 36 heavy (non-hydrogen) atoms. The van der Waals surface area contributed by atoms with Gasteiger partial charge in [0.05, 0.1) is 23.7 Å². The highest BCUT2D eigenvalue weighted by atomic mass is 19.4. The lowest BCUT2D eigenvalue weighted by atomic mass is 9.96. The minimum absolute atomic E-state index is 0.174. The number of hydrogen-bond acceptors (Lipinski definition) is 3. The summed E-state index contributed by atoms with van der Waals surface area (Å²) >= 11 is 0. The predicted molar refractivity (Wildman–Crippen MR) is 132 cm³/mol. The van der Waals surface area contributed by atoms with Gasteiger partial charge in [-0.2, -0.15) is 13.2 Å². The molecule has 1 saturated heterocycles. The first kappa shape index (κ1) is 30.1. The molecule has 0 bridgehead atoms. The molecule has 0 aromatic heterocycles. The molecule has 4 nitrogen and oxygen atoms in total. The molecule has 2 rings (SSSR count).